The highest BCUT2D eigenvalue weighted by molar-refractivity contribution is 6.41. The summed E-state index contributed by atoms with van der Waals surface area (Å²) in [5, 5.41) is 11.1. The Bertz CT molecular complexity index is 1360. The van der Waals surface area contributed by atoms with Crippen LogP contribution in [0, 0.1) is 0 Å². The first kappa shape index (κ1) is 29.8. The van der Waals surface area contributed by atoms with Crippen LogP contribution in [-0.2, 0) is 16.0 Å². The van der Waals surface area contributed by atoms with Crippen molar-refractivity contribution in [1.29, 1.82) is 0 Å². The van der Waals surface area contributed by atoms with Gasteiger partial charge in [0, 0.05) is 48.8 Å². The Morgan fingerprint density at radius 1 is 1.18 bits per heavy atom. The number of pyridine rings is 1. The molecule has 2 atom stereocenters. The second-order valence-electron chi connectivity index (χ2n) is 9.66. The Hall–Kier alpha value is -3.18. The van der Waals surface area contributed by atoms with Gasteiger partial charge in [0.15, 0.2) is 0 Å². The minimum atomic E-state index is -0.235. The monoisotopic (exact) mass is 588 g/mol. The van der Waals surface area contributed by atoms with Crippen LogP contribution < -0.4 is 25.4 Å². The fraction of sp³-hybridized carbons (Fsp3) is 0.429. The van der Waals surface area contributed by atoms with Gasteiger partial charge >= 0.3 is 0 Å². The van der Waals surface area contributed by atoms with Crippen molar-refractivity contribution in [2.75, 3.05) is 39.3 Å². The topological polar surface area (TPSA) is 120 Å². The molecule has 3 N–H and O–H groups in total. The zero-order chi connectivity index (χ0) is 28.8. The van der Waals surface area contributed by atoms with Crippen molar-refractivity contribution in [2.24, 2.45) is 0 Å². The van der Waals surface area contributed by atoms with Gasteiger partial charge in [0.2, 0.25) is 11.9 Å². The van der Waals surface area contributed by atoms with Gasteiger partial charge in [0.1, 0.15) is 11.5 Å². The number of hydrogen-bond acceptors (Lipinski definition) is 9. The molecule has 0 saturated carbocycles. The van der Waals surface area contributed by atoms with Crippen molar-refractivity contribution in [2.45, 2.75) is 44.8 Å². The Balaban J connectivity index is 1.76. The first-order valence-corrected chi connectivity index (χ1v) is 13.8. The van der Waals surface area contributed by atoms with Crippen LogP contribution in [0.15, 0.2) is 31.0 Å². The number of methoxy groups -OCH3 is 2. The third kappa shape index (κ3) is 6.75. The fourth-order valence-corrected chi connectivity index (χ4v) is 5.22. The lowest BCUT2D eigenvalue weighted by Crippen LogP contribution is -2.52. The molecule has 1 aliphatic heterocycles. The lowest BCUT2D eigenvalue weighted by atomic mass is 10.0. The van der Waals surface area contributed by atoms with E-state index in [0.717, 1.165) is 11.1 Å². The molecule has 10 nitrogen and oxygen atoms in total. The molecule has 0 aliphatic carbocycles. The third-order valence-corrected chi connectivity index (χ3v) is 7.32. The van der Waals surface area contributed by atoms with Gasteiger partial charge in [-0.2, -0.15) is 0 Å². The smallest absolute Gasteiger partial charge is 0.243 e. The first-order chi connectivity index (χ1) is 19.2. The van der Waals surface area contributed by atoms with E-state index in [-0.39, 0.29) is 18.0 Å². The van der Waals surface area contributed by atoms with E-state index in [1.165, 1.54) is 20.3 Å². The highest BCUT2D eigenvalue weighted by Crippen LogP contribution is 2.46. The maximum absolute atomic E-state index is 11.9. The predicted molar refractivity (Wildman–Crippen MR) is 158 cm³/mol. The SMILES string of the molecule is C=CC(=O)N[C@H]1CCOC[C@H]1Nc1ncc2cc(-c3c(Cl)c(OC)cc(OC)c3Cl)nc(CCNC(C)C)c2n1. The molecule has 1 amide bonds. The zero-order valence-corrected chi connectivity index (χ0v) is 24.5. The highest BCUT2D eigenvalue weighted by Gasteiger charge is 2.28. The van der Waals surface area contributed by atoms with Crippen LogP contribution in [0.4, 0.5) is 5.95 Å². The molecular weight excluding hydrogens is 555 g/mol. The number of amides is 1. The number of hydrogen-bond donors (Lipinski definition) is 3. The maximum atomic E-state index is 11.9. The first-order valence-electron chi connectivity index (χ1n) is 13.0. The molecule has 214 valence electrons. The molecule has 12 heteroatoms. The lowest BCUT2D eigenvalue weighted by Gasteiger charge is -2.32. The number of aromatic nitrogens is 3. The summed E-state index contributed by atoms with van der Waals surface area (Å²) >= 11 is 13.4. The number of ether oxygens (including phenoxy) is 3. The summed E-state index contributed by atoms with van der Waals surface area (Å²) in [6.45, 7) is 9.36. The number of anilines is 1. The normalized spacial score (nSPS) is 17.1. The van der Waals surface area contributed by atoms with Crippen molar-refractivity contribution in [3.05, 3.63) is 46.7 Å². The minimum Gasteiger partial charge on any atom is -0.495 e. The van der Waals surface area contributed by atoms with Crippen LogP contribution in [0.1, 0.15) is 26.0 Å². The molecule has 3 aromatic rings. The van der Waals surface area contributed by atoms with E-state index in [1.807, 2.05) is 6.07 Å². The van der Waals surface area contributed by atoms with Gasteiger partial charge in [0.05, 0.1) is 59.9 Å². The van der Waals surface area contributed by atoms with Crippen molar-refractivity contribution < 1.29 is 19.0 Å². The largest absolute Gasteiger partial charge is 0.495 e. The van der Waals surface area contributed by atoms with Crippen molar-refractivity contribution in [3.63, 3.8) is 0 Å². The summed E-state index contributed by atoms with van der Waals surface area (Å²) in [7, 11) is 3.06. The maximum Gasteiger partial charge on any atom is 0.243 e. The number of nitrogens with one attached hydrogen (secondary N) is 3. The Morgan fingerprint density at radius 3 is 2.55 bits per heavy atom. The van der Waals surface area contributed by atoms with Gasteiger partial charge in [-0.05, 0) is 18.6 Å². The summed E-state index contributed by atoms with van der Waals surface area (Å²) in [4.78, 5) is 26.3. The van der Waals surface area contributed by atoms with E-state index in [9.17, 15) is 4.79 Å². The molecule has 0 radical (unpaired) electrons. The molecule has 1 saturated heterocycles. The average molecular weight is 590 g/mol. The van der Waals surface area contributed by atoms with E-state index < -0.39 is 0 Å². The number of carbonyl (C=O) groups is 1. The second-order valence-corrected chi connectivity index (χ2v) is 10.4. The lowest BCUT2D eigenvalue weighted by molar-refractivity contribution is -0.117. The zero-order valence-electron chi connectivity index (χ0n) is 23.0. The molecular formula is C28H34Cl2N6O4. The number of halogens is 2. The molecule has 2 aromatic heterocycles. The Kier molecular flexibility index (Phi) is 10.0. The predicted octanol–water partition coefficient (Wildman–Crippen LogP) is 4.43. The average Bonchev–Trinajstić information content (AvgIpc) is 2.94. The van der Waals surface area contributed by atoms with Crippen LogP contribution in [0.5, 0.6) is 11.5 Å². The van der Waals surface area contributed by atoms with Crippen molar-refractivity contribution in [1.82, 2.24) is 25.6 Å². The second kappa shape index (κ2) is 13.5. The van der Waals surface area contributed by atoms with E-state index >= 15 is 0 Å². The van der Waals surface area contributed by atoms with E-state index in [1.54, 1.807) is 12.3 Å². The van der Waals surface area contributed by atoms with Gasteiger partial charge in [-0.3, -0.25) is 9.78 Å². The third-order valence-electron chi connectivity index (χ3n) is 6.57. The highest BCUT2D eigenvalue weighted by atomic mass is 35.5. The Labute approximate surface area is 243 Å². The molecule has 4 rings (SSSR count). The summed E-state index contributed by atoms with van der Waals surface area (Å²) in [5.74, 6) is 1.02. The Morgan fingerprint density at radius 2 is 1.90 bits per heavy atom. The number of nitrogens with zero attached hydrogens (tertiary/aromatic N) is 3. The molecule has 1 aromatic carbocycles. The number of carbonyl (C=O) groups excluding carboxylic acids is 1. The van der Waals surface area contributed by atoms with Crippen LogP contribution in [-0.4, -0.2) is 73.0 Å². The molecule has 0 unspecified atom stereocenters. The van der Waals surface area contributed by atoms with E-state index in [0.29, 0.717) is 82.9 Å². The van der Waals surface area contributed by atoms with Gasteiger partial charge in [-0.25, -0.2) is 9.97 Å². The van der Waals surface area contributed by atoms with E-state index in [2.05, 4.69) is 41.4 Å². The quantitative estimate of drug-likeness (QED) is 0.279. The standard InChI is InChI=1S/C28H34Cl2N6O4/c1-6-23(37)34-17-8-10-40-14-20(17)35-28-32-13-16-11-19(33-18(27(16)36-28)7-9-31-15(2)3)24-25(29)21(38-4)12-22(39-5)26(24)30/h6,11-13,15,17,20,31H,1,7-10,14H2,2-5H3,(H,34,37)(H,32,35,36)/t17-,20+/m0/s1. The van der Waals surface area contributed by atoms with Crippen LogP contribution in [0.25, 0.3) is 22.2 Å². The molecule has 1 fully saturated rings. The van der Waals surface area contributed by atoms with Gasteiger partial charge < -0.3 is 30.2 Å². The summed E-state index contributed by atoms with van der Waals surface area (Å²) in [6, 6.07) is 3.43. The summed E-state index contributed by atoms with van der Waals surface area (Å²) in [5.41, 5.74) is 2.49. The van der Waals surface area contributed by atoms with Crippen LogP contribution >= 0.6 is 23.2 Å². The van der Waals surface area contributed by atoms with Gasteiger partial charge in [-0.15, -0.1) is 0 Å². The molecule has 0 bridgehead atoms. The van der Waals surface area contributed by atoms with Crippen LogP contribution in [0.2, 0.25) is 10.0 Å². The summed E-state index contributed by atoms with van der Waals surface area (Å²) < 4.78 is 16.6. The molecule has 3 heterocycles. The molecule has 1 aliphatic rings. The molecule has 40 heavy (non-hydrogen) atoms. The molecule has 0 spiro atoms. The van der Waals surface area contributed by atoms with E-state index in [4.69, 9.17) is 47.4 Å². The van der Waals surface area contributed by atoms with Crippen LogP contribution in [0.3, 0.4) is 0 Å². The van der Waals surface area contributed by atoms with Gasteiger partial charge in [-0.1, -0.05) is 43.6 Å². The minimum absolute atomic E-state index is 0.152. The number of rotatable bonds is 11. The number of fused-ring (bicyclic) bond motifs is 1. The summed E-state index contributed by atoms with van der Waals surface area (Å²) in [6.07, 6.45) is 4.25. The van der Waals surface area contributed by atoms with Crippen molar-refractivity contribution >= 4 is 46.0 Å². The number of benzene rings is 1. The fourth-order valence-electron chi connectivity index (χ4n) is 4.53. The van der Waals surface area contributed by atoms with Gasteiger partial charge in [0.25, 0.3) is 0 Å². The van der Waals surface area contributed by atoms with Crippen molar-refractivity contribution in [3.8, 4) is 22.8 Å².